The summed E-state index contributed by atoms with van der Waals surface area (Å²) < 4.78 is 4.97. The van der Waals surface area contributed by atoms with E-state index in [4.69, 9.17) is 40.2 Å². The number of rotatable bonds is 7. The van der Waals surface area contributed by atoms with Gasteiger partial charge in [-0.2, -0.15) is 5.10 Å². The van der Waals surface area contributed by atoms with Crippen molar-refractivity contribution in [2.45, 2.75) is 13.3 Å². The van der Waals surface area contributed by atoms with Gasteiger partial charge in [0.1, 0.15) is 5.75 Å². The van der Waals surface area contributed by atoms with Crippen LogP contribution in [0.3, 0.4) is 0 Å². The molecule has 0 radical (unpaired) electrons. The Bertz CT molecular complexity index is 809. The second-order valence-electron chi connectivity index (χ2n) is 5.37. The number of hydrogen-bond acceptors (Lipinski definition) is 5. The third kappa shape index (κ3) is 5.56. The van der Waals surface area contributed by atoms with Crippen LogP contribution in [0.25, 0.3) is 10.4 Å². The summed E-state index contributed by atoms with van der Waals surface area (Å²) >= 11 is 18.6. The number of benzene rings is 1. The van der Waals surface area contributed by atoms with Crippen molar-refractivity contribution in [3.63, 3.8) is 0 Å². The molecule has 1 aromatic carbocycles. The summed E-state index contributed by atoms with van der Waals surface area (Å²) in [5.41, 5.74) is 4.82. The first-order valence-corrected chi connectivity index (χ1v) is 9.81. The average molecular weight is 432 g/mol. The van der Waals surface area contributed by atoms with Crippen LogP contribution in [-0.4, -0.2) is 36.2 Å². The van der Waals surface area contributed by atoms with E-state index < -0.39 is 0 Å². The number of nitrogens with zero attached hydrogens (tertiary/aromatic N) is 1. The van der Waals surface area contributed by atoms with Crippen molar-refractivity contribution in [2.75, 3.05) is 20.3 Å². The number of thiocarbonyl (C=S) groups is 1. The lowest BCUT2D eigenvalue weighted by Crippen LogP contribution is -2.33. The Morgan fingerprint density at radius 3 is 2.81 bits per heavy atom. The molecule has 5 nitrogen and oxygen atoms in total. The van der Waals surface area contributed by atoms with Gasteiger partial charge in [0.2, 0.25) is 0 Å². The number of methoxy groups -OCH3 is 1. The van der Waals surface area contributed by atoms with Crippen LogP contribution in [0.4, 0.5) is 0 Å². The van der Waals surface area contributed by atoms with Gasteiger partial charge in [0, 0.05) is 25.6 Å². The Balaban J connectivity index is 2.05. The lowest BCUT2D eigenvalue weighted by atomic mass is 10.1. The van der Waals surface area contributed by atoms with Gasteiger partial charge in [0.25, 0.3) is 0 Å². The van der Waals surface area contributed by atoms with Crippen LogP contribution in [-0.2, 0) is 4.74 Å². The van der Waals surface area contributed by atoms with Crippen LogP contribution in [0.5, 0.6) is 5.75 Å². The van der Waals surface area contributed by atoms with Crippen LogP contribution in [0, 0.1) is 0 Å². The van der Waals surface area contributed by atoms with Crippen molar-refractivity contribution in [1.29, 1.82) is 0 Å². The van der Waals surface area contributed by atoms with Gasteiger partial charge in [-0.3, -0.25) is 5.43 Å². The molecule has 0 atom stereocenters. The summed E-state index contributed by atoms with van der Waals surface area (Å²) in [6.45, 7) is 3.15. The zero-order chi connectivity index (χ0) is 19.1. The van der Waals surface area contributed by atoms with Crippen LogP contribution in [0.15, 0.2) is 28.7 Å². The lowest BCUT2D eigenvalue weighted by molar-refractivity contribution is 0.195. The monoisotopic (exact) mass is 431 g/mol. The molecule has 140 valence electrons. The molecule has 2 aromatic rings. The number of thiophene rings is 1. The highest BCUT2D eigenvalue weighted by molar-refractivity contribution is 7.80. The van der Waals surface area contributed by atoms with E-state index >= 15 is 0 Å². The van der Waals surface area contributed by atoms with Crippen molar-refractivity contribution in [3.8, 4) is 16.2 Å². The van der Waals surface area contributed by atoms with Crippen LogP contribution < -0.4 is 10.7 Å². The predicted octanol–water partition coefficient (Wildman–Crippen LogP) is 4.65. The van der Waals surface area contributed by atoms with Gasteiger partial charge in [-0.1, -0.05) is 29.3 Å². The Morgan fingerprint density at radius 2 is 2.12 bits per heavy atom. The molecule has 0 aliphatic carbocycles. The minimum atomic E-state index is 0.149. The maximum atomic E-state index is 10.5. The molecular formula is C17H19Cl2N3O2S2. The van der Waals surface area contributed by atoms with E-state index in [0.29, 0.717) is 44.5 Å². The lowest BCUT2D eigenvalue weighted by Gasteiger charge is -2.07. The largest absolute Gasteiger partial charge is 0.506 e. The second kappa shape index (κ2) is 10.1. The molecule has 2 rings (SSSR count). The first kappa shape index (κ1) is 20.9. The van der Waals surface area contributed by atoms with Gasteiger partial charge in [-0.15, -0.1) is 11.3 Å². The standard InChI is InChI=1S/C17H19Cl2N3O2S2/c1-10(21-22-17(25)20-6-3-7-24-2)12-9-26-16(15(12)23)11-4-5-13(18)14(19)8-11/h4-5,8-9,23H,3,6-7H2,1-2H3,(H2,20,22,25)/b21-10+. The number of hydrogen-bond donors (Lipinski definition) is 3. The SMILES string of the molecule is COCCCNC(=S)N/N=C(\C)c1csc(-c2ccc(Cl)c(Cl)c2)c1O. The first-order chi connectivity index (χ1) is 12.4. The third-order valence-corrected chi connectivity index (χ3v) is 5.47. The van der Waals surface area contributed by atoms with Crippen LogP contribution >= 0.6 is 46.8 Å². The van der Waals surface area contributed by atoms with Crippen LogP contribution in [0.2, 0.25) is 10.0 Å². The molecular weight excluding hydrogens is 413 g/mol. The summed E-state index contributed by atoms with van der Waals surface area (Å²) in [5.74, 6) is 0.149. The van der Waals surface area contributed by atoms with Gasteiger partial charge in [-0.05, 0) is 43.3 Å². The summed E-state index contributed by atoms with van der Waals surface area (Å²) in [6.07, 6.45) is 0.847. The summed E-state index contributed by atoms with van der Waals surface area (Å²) in [6, 6.07) is 5.24. The molecule has 0 saturated heterocycles. The molecule has 0 unspecified atom stereocenters. The fourth-order valence-corrected chi connectivity index (χ4v) is 3.55. The van der Waals surface area contributed by atoms with Crippen molar-refractivity contribution in [1.82, 2.24) is 10.7 Å². The second-order valence-corrected chi connectivity index (χ2v) is 7.47. The Morgan fingerprint density at radius 1 is 1.35 bits per heavy atom. The minimum absolute atomic E-state index is 0.149. The molecule has 0 aliphatic rings. The number of ether oxygens (including phenoxy) is 1. The molecule has 0 spiro atoms. The summed E-state index contributed by atoms with van der Waals surface area (Å²) in [7, 11) is 1.66. The van der Waals surface area contributed by atoms with Crippen molar-refractivity contribution >= 4 is 57.6 Å². The van der Waals surface area contributed by atoms with Crippen molar-refractivity contribution in [3.05, 3.63) is 39.2 Å². The van der Waals surface area contributed by atoms with Gasteiger partial charge in [-0.25, -0.2) is 0 Å². The maximum Gasteiger partial charge on any atom is 0.186 e. The van der Waals surface area contributed by atoms with Gasteiger partial charge < -0.3 is 15.2 Å². The summed E-state index contributed by atoms with van der Waals surface area (Å²) in [5, 5.41) is 21.0. The Hall–Kier alpha value is -1.38. The number of aromatic hydroxyl groups is 1. The van der Waals surface area contributed by atoms with E-state index in [1.165, 1.54) is 11.3 Å². The van der Waals surface area contributed by atoms with E-state index in [9.17, 15) is 5.11 Å². The number of nitrogens with one attached hydrogen (secondary N) is 2. The molecule has 0 bridgehead atoms. The topological polar surface area (TPSA) is 65.9 Å². The highest BCUT2D eigenvalue weighted by atomic mass is 35.5. The fraction of sp³-hybridized carbons (Fsp3) is 0.294. The van der Waals surface area contributed by atoms with Crippen LogP contribution in [0.1, 0.15) is 18.9 Å². The average Bonchev–Trinajstić information content (AvgIpc) is 3.00. The smallest absolute Gasteiger partial charge is 0.186 e. The number of halogens is 2. The van der Waals surface area contributed by atoms with Crippen molar-refractivity contribution in [2.24, 2.45) is 5.10 Å². The van der Waals surface area contributed by atoms with E-state index in [1.54, 1.807) is 26.2 Å². The van der Waals surface area contributed by atoms with Gasteiger partial charge in [0.15, 0.2) is 5.11 Å². The van der Waals surface area contributed by atoms with E-state index in [0.717, 1.165) is 12.0 Å². The van der Waals surface area contributed by atoms with Gasteiger partial charge >= 0.3 is 0 Å². The van der Waals surface area contributed by atoms with Crippen molar-refractivity contribution < 1.29 is 9.84 Å². The molecule has 0 saturated carbocycles. The molecule has 1 aromatic heterocycles. The zero-order valence-corrected chi connectivity index (χ0v) is 17.5. The summed E-state index contributed by atoms with van der Waals surface area (Å²) in [4.78, 5) is 0.702. The molecule has 0 amide bonds. The highest BCUT2D eigenvalue weighted by Crippen LogP contribution is 2.40. The zero-order valence-electron chi connectivity index (χ0n) is 14.3. The Labute approximate surface area is 172 Å². The maximum absolute atomic E-state index is 10.5. The molecule has 0 fully saturated rings. The third-order valence-electron chi connectivity index (χ3n) is 3.47. The van der Waals surface area contributed by atoms with E-state index in [-0.39, 0.29) is 5.75 Å². The fourth-order valence-electron chi connectivity index (χ4n) is 2.10. The quantitative estimate of drug-likeness (QED) is 0.257. The highest BCUT2D eigenvalue weighted by Gasteiger charge is 2.15. The predicted molar refractivity (Wildman–Crippen MR) is 114 cm³/mol. The molecule has 26 heavy (non-hydrogen) atoms. The molecule has 0 aliphatic heterocycles. The molecule has 9 heteroatoms. The van der Waals surface area contributed by atoms with E-state index in [2.05, 4.69) is 15.8 Å². The Kier molecular flexibility index (Phi) is 8.12. The molecule has 3 N–H and O–H groups in total. The normalized spacial score (nSPS) is 11.5. The first-order valence-electron chi connectivity index (χ1n) is 7.77. The molecule has 1 heterocycles. The minimum Gasteiger partial charge on any atom is -0.506 e. The van der Waals surface area contributed by atoms with Gasteiger partial charge in [0.05, 0.1) is 26.2 Å². The number of hydrazone groups is 1. The van der Waals surface area contributed by atoms with E-state index in [1.807, 2.05) is 11.4 Å².